The molecule has 0 rings (SSSR count). The molecule has 0 bridgehead atoms. The van der Waals surface area contributed by atoms with Gasteiger partial charge in [0.1, 0.15) is 0 Å². The number of rotatable bonds is 9. The second kappa shape index (κ2) is 8.75. The predicted molar refractivity (Wildman–Crippen MR) is 65.1 cm³/mol. The van der Waals surface area contributed by atoms with Gasteiger partial charge in [-0.3, -0.25) is 4.90 Å². The average molecular weight is 254 g/mol. The lowest BCUT2D eigenvalue weighted by Gasteiger charge is -2.23. The Balaban J connectivity index is 3.70. The zero-order valence-corrected chi connectivity index (χ0v) is 11.1. The summed E-state index contributed by atoms with van der Waals surface area (Å²) in [7, 11) is 0. The van der Waals surface area contributed by atoms with Crippen LogP contribution in [0.25, 0.3) is 0 Å². The molecule has 17 heavy (non-hydrogen) atoms. The molecule has 0 aromatic rings. The van der Waals surface area contributed by atoms with Crippen molar-refractivity contribution in [2.75, 3.05) is 32.7 Å². The van der Waals surface area contributed by atoms with Crippen molar-refractivity contribution >= 4 is 0 Å². The maximum atomic E-state index is 12.2. The molecule has 2 nitrogen and oxygen atoms in total. The molecular formula is C12H25F3N2. The predicted octanol–water partition coefficient (Wildman–Crippen LogP) is 2.90. The van der Waals surface area contributed by atoms with Crippen LogP contribution in [0.5, 0.6) is 0 Å². The van der Waals surface area contributed by atoms with Gasteiger partial charge in [-0.25, -0.2) is 0 Å². The van der Waals surface area contributed by atoms with E-state index in [1.807, 2.05) is 6.92 Å². The Labute approximate surface area is 103 Å². The zero-order chi connectivity index (χ0) is 13.3. The third kappa shape index (κ3) is 12.0. The van der Waals surface area contributed by atoms with Crippen molar-refractivity contribution < 1.29 is 13.2 Å². The van der Waals surface area contributed by atoms with Gasteiger partial charge in [0.2, 0.25) is 0 Å². The van der Waals surface area contributed by atoms with Crippen molar-refractivity contribution in [1.29, 1.82) is 0 Å². The molecule has 0 aliphatic carbocycles. The topological polar surface area (TPSA) is 15.3 Å². The highest BCUT2D eigenvalue weighted by atomic mass is 19.4. The Morgan fingerprint density at radius 2 is 1.76 bits per heavy atom. The summed E-state index contributed by atoms with van der Waals surface area (Å²) < 4.78 is 36.7. The van der Waals surface area contributed by atoms with Crippen molar-refractivity contribution in [1.82, 2.24) is 10.2 Å². The number of nitrogens with one attached hydrogen (secondary N) is 1. The van der Waals surface area contributed by atoms with Crippen molar-refractivity contribution in [3.05, 3.63) is 0 Å². The number of hydrogen-bond donors (Lipinski definition) is 1. The van der Waals surface area contributed by atoms with E-state index >= 15 is 0 Å². The molecule has 0 saturated carbocycles. The van der Waals surface area contributed by atoms with E-state index in [4.69, 9.17) is 0 Å². The van der Waals surface area contributed by atoms with Crippen LogP contribution in [0, 0.1) is 5.92 Å². The molecule has 0 spiro atoms. The summed E-state index contributed by atoms with van der Waals surface area (Å²) >= 11 is 0. The van der Waals surface area contributed by atoms with Crippen LogP contribution in [-0.2, 0) is 0 Å². The third-order valence-electron chi connectivity index (χ3n) is 2.45. The first-order valence-electron chi connectivity index (χ1n) is 6.35. The van der Waals surface area contributed by atoms with Crippen molar-refractivity contribution in [3.63, 3.8) is 0 Å². The molecule has 0 aliphatic rings. The van der Waals surface area contributed by atoms with Crippen LogP contribution in [0.4, 0.5) is 13.2 Å². The molecule has 0 amide bonds. The van der Waals surface area contributed by atoms with Gasteiger partial charge in [0.25, 0.3) is 0 Å². The van der Waals surface area contributed by atoms with E-state index in [-0.39, 0.29) is 0 Å². The fourth-order valence-electron chi connectivity index (χ4n) is 1.59. The van der Waals surface area contributed by atoms with E-state index < -0.39 is 12.7 Å². The van der Waals surface area contributed by atoms with Crippen LogP contribution in [-0.4, -0.2) is 43.8 Å². The van der Waals surface area contributed by atoms with E-state index in [1.54, 1.807) is 0 Å². The van der Waals surface area contributed by atoms with Crippen LogP contribution in [0.1, 0.15) is 33.6 Å². The van der Waals surface area contributed by atoms with E-state index in [2.05, 4.69) is 19.2 Å². The molecule has 0 aliphatic heterocycles. The minimum Gasteiger partial charge on any atom is -0.315 e. The van der Waals surface area contributed by atoms with Crippen molar-refractivity contribution in [3.8, 4) is 0 Å². The highest BCUT2D eigenvalue weighted by molar-refractivity contribution is 4.64. The normalized spacial score (nSPS) is 12.7. The van der Waals surface area contributed by atoms with Gasteiger partial charge in [-0.1, -0.05) is 20.8 Å². The minimum atomic E-state index is -4.09. The maximum absolute atomic E-state index is 12.2. The molecule has 0 radical (unpaired) electrons. The van der Waals surface area contributed by atoms with Crippen molar-refractivity contribution in [2.45, 2.75) is 39.8 Å². The lowest BCUT2D eigenvalue weighted by molar-refractivity contribution is -0.145. The van der Waals surface area contributed by atoms with E-state index in [0.717, 1.165) is 19.4 Å². The Morgan fingerprint density at radius 3 is 2.24 bits per heavy atom. The van der Waals surface area contributed by atoms with Gasteiger partial charge in [0, 0.05) is 13.1 Å². The van der Waals surface area contributed by atoms with Crippen molar-refractivity contribution in [2.24, 2.45) is 5.92 Å². The quantitative estimate of drug-likeness (QED) is 0.636. The zero-order valence-electron chi connectivity index (χ0n) is 11.1. The third-order valence-corrected chi connectivity index (χ3v) is 2.45. The second-order valence-corrected chi connectivity index (χ2v) is 4.82. The molecular weight excluding hydrogens is 229 g/mol. The summed E-state index contributed by atoms with van der Waals surface area (Å²) in [4.78, 5) is 1.46. The lowest BCUT2D eigenvalue weighted by atomic mass is 10.1. The molecule has 0 aromatic carbocycles. The second-order valence-electron chi connectivity index (χ2n) is 4.82. The molecule has 0 atom stereocenters. The first-order chi connectivity index (χ1) is 7.85. The fourth-order valence-corrected chi connectivity index (χ4v) is 1.59. The summed E-state index contributed by atoms with van der Waals surface area (Å²) in [5, 5.41) is 3.18. The number of hydrogen-bond acceptors (Lipinski definition) is 2. The van der Waals surface area contributed by atoms with E-state index in [1.165, 1.54) is 4.90 Å². The van der Waals surface area contributed by atoms with Crippen LogP contribution in [0.3, 0.4) is 0 Å². The Bertz CT molecular complexity index is 181. The van der Waals surface area contributed by atoms with Crippen LogP contribution >= 0.6 is 0 Å². The van der Waals surface area contributed by atoms with Crippen LogP contribution < -0.4 is 5.32 Å². The average Bonchev–Trinajstić information content (AvgIpc) is 2.14. The van der Waals surface area contributed by atoms with Gasteiger partial charge in [0.15, 0.2) is 0 Å². The van der Waals surface area contributed by atoms with Crippen LogP contribution in [0.2, 0.25) is 0 Å². The van der Waals surface area contributed by atoms with Crippen LogP contribution in [0.15, 0.2) is 0 Å². The first kappa shape index (κ1) is 16.7. The summed E-state index contributed by atoms with van der Waals surface area (Å²) in [6, 6.07) is 0. The Morgan fingerprint density at radius 1 is 1.12 bits per heavy atom. The Kier molecular flexibility index (Phi) is 8.60. The fraction of sp³-hybridized carbons (Fsp3) is 1.00. The number of halogens is 3. The Hall–Kier alpha value is -0.290. The molecule has 0 saturated heterocycles. The first-order valence-corrected chi connectivity index (χ1v) is 6.35. The highest BCUT2D eigenvalue weighted by Gasteiger charge is 2.29. The standard InChI is InChI=1S/C12H25F3N2/c1-4-8-17(10-12(13,14)15)9-7-16-6-5-11(2)3/h11,16H,4-10H2,1-3H3. The van der Waals surface area contributed by atoms with E-state index in [0.29, 0.717) is 25.6 Å². The van der Waals surface area contributed by atoms with E-state index in [9.17, 15) is 13.2 Å². The number of alkyl halides is 3. The molecule has 1 N–H and O–H groups in total. The highest BCUT2D eigenvalue weighted by Crippen LogP contribution is 2.16. The maximum Gasteiger partial charge on any atom is 0.401 e. The van der Waals surface area contributed by atoms with Gasteiger partial charge in [-0.15, -0.1) is 0 Å². The molecule has 5 heteroatoms. The summed E-state index contributed by atoms with van der Waals surface area (Å²) in [5.41, 5.74) is 0. The number of nitrogens with zero attached hydrogens (tertiary/aromatic N) is 1. The van der Waals surface area contributed by atoms with Gasteiger partial charge in [-0.05, 0) is 31.8 Å². The molecule has 0 heterocycles. The molecule has 104 valence electrons. The molecule has 0 fully saturated rings. The lowest BCUT2D eigenvalue weighted by Crippen LogP contribution is -2.39. The molecule has 0 unspecified atom stereocenters. The smallest absolute Gasteiger partial charge is 0.315 e. The molecule has 0 aromatic heterocycles. The summed E-state index contributed by atoms with van der Waals surface area (Å²) in [6.07, 6.45) is -2.28. The monoisotopic (exact) mass is 254 g/mol. The summed E-state index contributed by atoms with van der Waals surface area (Å²) in [6.45, 7) is 7.84. The summed E-state index contributed by atoms with van der Waals surface area (Å²) in [5.74, 6) is 0.629. The van der Waals surface area contributed by atoms with Gasteiger partial charge in [-0.2, -0.15) is 13.2 Å². The SMILES string of the molecule is CCCN(CCNCCC(C)C)CC(F)(F)F. The minimum absolute atomic E-state index is 0.464. The van der Waals surface area contributed by atoms with Gasteiger partial charge >= 0.3 is 6.18 Å². The van der Waals surface area contributed by atoms with Gasteiger partial charge in [0.05, 0.1) is 6.54 Å². The largest absolute Gasteiger partial charge is 0.401 e. The van der Waals surface area contributed by atoms with Gasteiger partial charge < -0.3 is 5.32 Å².